The van der Waals surface area contributed by atoms with E-state index in [1.807, 2.05) is 12.1 Å². The smallest absolute Gasteiger partial charge is 0.233 e. The average Bonchev–Trinajstić information content (AvgIpc) is 2.69. The van der Waals surface area contributed by atoms with Crippen LogP contribution in [0, 0.1) is 5.92 Å². The fourth-order valence-electron chi connectivity index (χ4n) is 4.17. The van der Waals surface area contributed by atoms with Gasteiger partial charge in [-0.2, -0.15) is 0 Å². The fraction of sp³-hybridized carbons (Fsp3) is 0.333. The van der Waals surface area contributed by atoms with Crippen LogP contribution in [0.15, 0.2) is 54.6 Å². The van der Waals surface area contributed by atoms with Gasteiger partial charge in [-0.3, -0.25) is 4.90 Å². The number of piperidine rings is 3. The summed E-state index contributed by atoms with van der Waals surface area (Å²) in [7, 11) is 0. The number of benzene rings is 2. The van der Waals surface area contributed by atoms with Crippen LogP contribution < -0.4 is 4.74 Å². The second kappa shape index (κ2) is 6.12. The van der Waals surface area contributed by atoms with Gasteiger partial charge in [-0.25, -0.2) is 0 Å². The van der Waals surface area contributed by atoms with Crippen LogP contribution in [-0.4, -0.2) is 40.8 Å². The largest absolute Gasteiger partial charge is 0.472 e. The van der Waals surface area contributed by atoms with Gasteiger partial charge in [0.1, 0.15) is 6.10 Å². The number of nitrogens with zero attached hydrogens (tertiary/aromatic N) is 3. The van der Waals surface area contributed by atoms with Crippen LogP contribution in [0.25, 0.3) is 22.0 Å². The second-order valence-corrected chi connectivity index (χ2v) is 7.08. The Labute approximate surface area is 147 Å². The topological polar surface area (TPSA) is 38.2 Å². The number of hydrogen-bond donors (Lipinski definition) is 0. The van der Waals surface area contributed by atoms with Gasteiger partial charge in [-0.15, -0.1) is 10.2 Å². The van der Waals surface area contributed by atoms with E-state index in [1.165, 1.54) is 36.7 Å². The van der Waals surface area contributed by atoms with Gasteiger partial charge in [0.25, 0.3) is 0 Å². The monoisotopic (exact) mass is 331 g/mol. The average molecular weight is 331 g/mol. The number of hydrogen-bond acceptors (Lipinski definition) is 4. The van der Waals surface area contributed by atoms with E-state index in [0.717, 1.165) is 17.8 Å². The van der Waals surface area contributed by atoms with Gasteiger partial charge in [0.05, 0.1) is 5.69 Å². The normalized spacial score (nSPS) is 25.2. The molecule has 25 heavy (non-hydrogen) atoms. The third-order valence-electron chi connectivity index (χ3n) is 5.57. The first kappa shape index (κ1) is 14.8. The van der Waals surface area contributed by atoms with Crippen molar-refractivity contribution in [3.8, 4) is 17.1 Å². The van der Waals surface area contributed by atoms with Crippen molar-refractivity contribution < 1.29 is 4.74 Å². The molecule has 3 saturated heterocycles. The predicted molar refractivity (Wildman–Crippen MR) is 98.6 cm³/mol. The minimum Gasteiger partial charge on any atom is -0.472 e. The van der Waals surface area contributed by atoms with Crippen LogP contribution in [0.3, 0.4) is 0 Å². The van der Waals surface area contributed by atoms with Gasteiger partial charge in [0, 0.05) is 18.2 Å². The molecule has 3 aromatic rings. The summed E-state index contributed by atoms with van der Waals surface area (Å²) in [4.78, 5) is 2.49. The molecule has 6 rings (SSSR count). The van der Waals surface area contributed by atoms with Gasteiger partial charge in [-0.1, -0.05) is 42.5 Å². The summed E-state index contributed by atoms with van der Waals surface area (Å²) in [6.45, 7) is 3.46. The molecule has 4 nitrogen and oxygen atoms in total. The van der Waals surface area contributed by atoms with Gasteiger partial charge in [-0.05, 0) is 48.7 Å². The Kier molecular flexibility index (Phi) is 3.63. The van der Waals surface area contributed by atoms with Crippen LogP contribution in [0.1, 0.15) is 12.8 Å². The molecule has 1 atom stereocenters. The van der Waals surface area contributed by atoms with E-state index < -0.39 is 0 Å². The lowest BCUT2D eigenvalue weighted by Crippen LogP contribution is -2.52. The van der Waals surface area contributed by atoms with Crippen molar-refractivity contribution in [2.45, 2.75) is 18.9 Å². The summed E-state index contributed by atoms with van der Waals surface area (Å²) < 4.78 is 6.15. The zero-order valence-corrected chi connectivity index (χ0v) is 14.1. The van der Waals surface area contributed by atoms with Gasteiger partial charge < -0.3 is 4.74 Å². The molecule has 2 bridgehead atoms. The molecule has 0 aliphatic carbocycles. The van der Waals surface area contributed by atoms with E-state index in [-0.39, 0.29) is 6.10 Å². The Hall–Kier alpha value is -2.46. The Morgan fingerprint density at radius 1 is 0.880 bits per heavy atom. The zero-order valence-electron chi connectivity index (χ0n) is 14.1. The Morgan fingerprint density at radius 3 is 2.48 bits per heavy atom. The lowest BCUT2D eigenvalue weighted by atomic mass is 9.86. The highest BCUT2D eigenvalue weighted by molar-refractivity contribution is 5.95. The second-order valence-electron chi connectivity index (χ2n) is 7.08. The van der Waals surface area contributed by atoms with E-state index in [4.69, 9.17) is 4.74 Å². The summed E-state index contributed by atoms with van der Waals surface area (Å²) in [5, 5.41) is 11.2. The number of rotatable bonds is 3. The standard InChI is InChI=1S/C21H21N3O/c1-2-6-17-15(4-1)5-3-7-18(17)19-8-9-21(23-22-19)25-20-14-24-12-10-16(20)11-13-24/h1-9,16,20H,10-14H2. The molecule has 1 aromatic heterocycles. The Balaban J connectivity index is 1.40. The molecule has 0 amide bonds. The number of aromatic nitrogens is 2. The van der Waals surface area contributed by atoms with Crippen LogP contribution in [0.4, 0.5) is 0 Å². The fourth-order valence-corrected chi connectivity index (χ4v) is 4.17. The molecule has 0 radical (unpaired) electrons. The Morgan fingerprint density at radius 2 is 1.72 bits per heavy atom. The molecular weight excluding hydrogens is 310 g/mol. The summed E-state index contributed by atoms with van der Waals surface area (Å²) in [5.41, 5.74) is 2.00. The van der Waals surface area contributed by atoms with Crippen molar-refractivity contribution in [1.82, 2.24) is 15.1 Å². The summed E-state index contributed by atoms with van der Waals surface area (Å²) in [5.74, 6) is 1.31. The number of fused-ring (bicyclic) bond motifs is 4. The van der Waals surface area contributed by atoms with Crippen molar-refractivity contribution in [2.24, 2.45) is 5.92 Å². The molecule has 0 saturated carbocycles. The summed E-state index contributed by atoms with van der Waals surface area (Å²) in [6, 6.07) is 18.6. The molecule has 4 heteroatoms. The highest BCUT2D eigenvalue weighted by atomic mass is 16.5. The van der Waals surface area contributed by atoms with Crippen molar-refractivity contribution >= 4 is 10.8 Å². The van der Waals surface area contributed by atoms with Gasteiger partial charge in [0.15, 0.2) is 0 Å². The number of ether oxygens (including phenoxy) is 1. The van der Waals surface area contributed by atoms with Crippen molar-refractivity contribution in [3.05, 3.63) is 54.6 Å². The third-order valence-corrected chi connectivity index (χ3v) is 5.57. The maximum Gasteiger partial charge on any atom is 0.233 e. The maximum atomic E-state index is 6.15. The molecule has 1 unspecified atom stereocenters. The minimum absolute atomic E-state index is 0.264. The predicted octanol–water partition coefficient (Wildman–Crippen LogP) is 3.77. The van der Waals surface area contributed by atoms with E-state index >= 15 is 0 Å². The molecule has 126 valence electrons. The highest BCUT2D eigenvalue weighted by Gasteiger charge is 2.35. The molecule has 4 heterocycles. The molecule has 2 aromatic carbocycles. The van der Waals surface area contributed by atoms with Gasteiger partial charge >= 0.3 is 0 Å². The van der Waals surface area contributed by atoms with Gasteiger partial charge in [0.2, 0.25) is 5.88 Å². The lowest BCUT2D eigenvalue weighted by molar-refractivity contribution is -0.0103. The van der Waals surface area contributed by atoms with E-state index in [0.29, 0.717) is 11.8 Å². The van der Waals surface area contributed by atoms with E-state index in [9.17, 15) is 0 Å². The molecule has 0 spiro atoms. The molecular formula is C21H21N3O. The van der Waals surface area contributed by atoms with Crippen LogP contribution in [-0.2, 0) is 0 Å². The molecule has 3 fully saturated rings. The molecule has 3 aliphatic rings. The van der Waals surface area contributed by atoms with Crippen LogP contribution >= 0.6 is 0 Å². The molecule has 3 aliphatic heterocycles. The summed E-state index contributed by atoms with van der Waals surface area (Å²) in [6.07, 6.45) is 2.75. The first-order valence-electron chi connectivity index (χ1n) is 9.08. The van der Waals surface area contributed by atoms with Crippen LogP contribution in [0.5, 0.6) is 5.88 Å². The zero-order chi connectivity index (χ0) is 16.6. The lowest BCUT2D eigenvalue weighted by Gasteiger charge is -2.44. The SMILES string of the molecule is c1ccc2c(-c3ccc(OC4CN5CCC4CC5)nn3)cccc2c1. The van der Waals surface area contributed by atoms with Crippen LogP contribution in [0.2, 0.25) is 0 Å². The van der Waals surface area contributed by atoms with Crippen molar-refractivity contribution in [2.75, 3.05) is 19.6 Å². The first-order valence-corrected chi connectivity index (χ1v) is 9.08. The maximum absolute atomic E-state index is 6.15. The quantitative estimate of drug-likeness (QED) is 0.732. The first-order chi connectivity index (χ1) is 12.4. The summed E-state index contributed by atoms with van der Waals surface area (Å²) >= 11 is 0. The minimum atomic E-state index is 0.264. The van der Waals surface area contributed by atoms with E-state index in [2.05, 4.69) is 57.6 Å². The molecule has 0 N–H and O–H groups in total. The third kappa shape index (κ3) is 2.76. The van der Waals surface area contributed by atoms with E-state index in [1.54, 1.807) is 0 Å². The van der Waals surface area contributed by atoms with Crippen molar-refractivity contribution in [1.29, 1.82) is 0 Å². The Bertz CT molecular complexity index is 880. The highest BCUT2D eigenvalue weighted by Crippen LogP contribution is 2.31. The van der Waals surface area contributed by atoms with Crippen molar-refractivity contribution in [3.63, 3.8) is 0 Å².